The van der Waals surface area contributed by atoms with Gasteiger partial charge in [0.25, 0.3) is 23.0 Å². The van der Waals surface area contributed by atoms with Crippen molar-refractivity contribution in [3.63, 3.8) is 0 Å². The number of amides is 11. The van der Waals surface area contributed by atoms with Crippen LogP contribution in [0.15, 0.2) is 78.4 Å². The molecule has 3 rings (SSSR count). The third-order valence-corrected chi connectivity index (χ3v) is 13.2. The largest absolute Gasteiger partial charge is 0.484 e. The first-order valence-electron chi connectivity index (χ1n) is 28.2. The highest BCUT2D eigenvalue weighted by Crippen LogP contribution is 2.27. The number of guanidine groups is 5. The first-order valence-corrected chi connectivity index (χ1v) is 29.0. The first-order chi connectivity index (χ1) is 43.2. The molecule has 5 atom stereocenters. The molecule has 0 aliphatic carbocycles. The molecular weight excluding hydrogens is 1210 g/mol. The number of hydrogen-bond acceptors (Lipinski definition) is 18. The van der Waals surface area contributed by atoms with E-state index in [2.05, 4.69) is 72.8 Å². The van der Waals surface area contributed by atoms with Crippen LogP contribution < -0.4 is 116 Å². The zero-order chi connectivity index (χ0) is 67.4. The lowest BCUT2D eigenvalue weighted by molar-refractivity contribution is -0.135. The highest BCUT2D eigenvalue weighted by atomic mass is 32.2. The number of nitrogens with two attached hydrogens (primary N) is 11. The number of imide groups is 1. The number of ether oxygens (including phenoxy) is 1. The smallest absolute Gasteiger partial charge is 0.290 e. The van der Waals surface area contributed by atoms with Crippen LogP contribution in [0.1, 0.15) is 80.1 Å². The minimum absolute atomic E-state index is 0.00490. The second kappa shape index (κ2) is 39.8. The molecule has 37 nitrogen and oxygen atoms in total. The summed E-state index contributed by atoms with van der Waals surface area (Å²) in [5.41, 5.74) is 61.4. The van der Waals surface area contributed by atoms with Gasteiger partial charge >= 0.3 is 0 Å². The van der Waals surface area contributed by atoms with Gasteiger partial charge in [-0.15, -0.1) is 0 Å². The van der Waals surface area contributed by atoms with E-state index in [1.807, 2.05) is 0 Å². The Labute approximate surface area is 526 Å². The Hall–Kier alpha value is -11.0. The maximum Gasteiger partial charge on any atom is 0.290 e. The predicted molar refractivity (Wildman–Crippen MR) is 340 cm³/mol. The number of carbonyl (C=O) groups is 11. The summed E-state index contributed by atoms with van der Waals surface area (Å²) in [6, 6.07) is 5.25. The van der Waals surface area contributed by atoms with Crippen LogP contribution in [0, 0.1) is 0 Å². The summed E-state index contributed by atoms with van der Waals surface area (Å²) in [5, 5.41) is 22.0. The van der Waals surface area contributed by atoms with Gasteiger partial charge in [-0.1, -0.05) is 12.1 Å². The van der Waals surface area contributed by atoms with E-state index in [0.29, 0.717) is 17.0 Å². The van der Waals surface area contributed by atoms with Gasteiger partial charge in [-0.3, -0.25) is 83.0 Å². The third-order valence-electron chi connectivity index (χ3n) is 12.4. The Bertz CT molecular complexity index is 3060. The van der Waals surface area contributed by atoms with Crippen molar-refractivity contribution in [3.05, 3.63) is 64.6 Å². The Morgan fingerprint density at radius 2 is 0.901 bits per heavy atom. The fraction of sp³-hybridized carbons (Fsp3) is 0.434. The molecule has 496 valence electrons. The Kier molecular flexibility index (Phi) is 32.5. The van der Waals surface area contributed by atoms with Crippen molar-refractivity contribution in [2.24, 2.45) is 88.0 Å². The molecule has 0 unspecified atom stereocenters. The summed E-state index contributed by atoms with van der Waals surface area (Å²) >= 11 is 0.758. The molecule has 2 aromatic rings. The fourth-order valence-corrected chi connectivity index (χ4v) is 8.72. The van der Waals surface area contributed by atoms with Gasteiger partial charge < -0.3 is 110 Å². The van der Waals surface area contributed by atoms with E-state index in [4.69, 9.17) is 67.8 Å². The molecular formula is C53H81N25O12S. The zero-order valence-electron chi connectivity index (χ0n) is 49.7. The van der Waals surface area contributed by atoms with Crippen LogP contribution >= 0.6 is 11.8 Å². The number of nitrogens with zero attached hydrogens (tertiary/aromatic N) is 5. The van der Waals surface area contributed by atoms with E-state index < -0.39 is 114 Å². The lowest BCUT2D eigenvalue weighted by Gasteiger charge is -2.27. The first kappa shape index (κ1) is 74.3. The second-order valence-electron chi connectivity index (χ2n) is 19.8. The van der Waals surface area contributed by atoms with Gasteiger partial charge in [0.1, 0.15) is 36.0 Å². The zero-order valence-corrected chi connectivity index (χ0v) is 50.5. The number of aliphatic imine (C=N–C) groups is 5. The molecule has 0 radical (unpaired) electrons. The molecule has 1 saturated heterocycles. The van der Waals surface area contributed by atoms with Gasteiger partial charge in [0.15, 0.2) is 36.4 Å². The molecule has 38 heteroatoms. The highest BCUT2D eigenvalue weighted by Gasteiger charge is 2.33. The van der Waals surface area contributed by atoms with E-state index in [9.17, 15) is 52.7 Å². The second-order valence-corrected chi connectivity index (χ2v) is 20.8. The Morgan fingerprint density at radius 3 is 1.31 bits per heavy atom. The minimum Gasteiger partial charge on any atom is -0.484 e. The SMILES string of the molecule is NC(=O)[C@H](CCCN=C(N)N)NC(=O)[C@H](CCCN=C(N)N)NC(=O)[C@H](CCCN=C(N)N)NC(=O)[C@H](CCCN=C(N)N)NC(=O)[C@H](CCCN=C(N)N)NC(=O)CNC(=O)CNC(=O)c1ccc(NC(=O)COc2cccc(/C=C3\SC(=O)NC3=O)c2)cc1. The van der Waals surface area contributed by atoms with E-state index in [0.717, 1.165) is 11.8 Å². The number of rotatable bonds is 40. The Morgan fingerprint density at radius 1 is 0.495 bits per heavy atom. The van der Waals surface area contributed by atoms with Gasteiger partial charge in [-0.2, -0.15) is 0 Å². The number of benzene rings is 2. The molecule has 31 N–H and O–H groups in total. The van der Waals surface area contributed by atoms with Crippen molar-refractivity contribution in [2.45, 2.75) is 94.4 Å². The quantitative estimate of drug-likeness (QED) is 0.0128. The van der Waals surface area contributed by atoms with Crippen molar-refractivity contribution in [3.8, 4) is 5.75 Å². The van der Waals surface area contributed by atoms with Crippen LogP contribution in [0.3, 0.4) is 0 Å². The fourth-order valence-electron chi connectivity index (χ4n) is 8.03. The summed E-state index contributed by atoms with van der Waals surface area (Å²) in [5.74, 6) is -8.76. The van der Waals surface area contributed by atoms with E-state index in [-0.39, 0.29) is 137 Å². The number of nitrogens with one attached hydrogen (secondary N) is 9. The van der Waals surface area contributed by atoms with E-state index in [1.165, 1.54) is 30.3 Å². The van der Waals surface area contributed by atoms with Crippen molar-refractivity contribution < 1.29 is 57.5 Å². The number of anilines is 1. The summed E-state index contributed by atoms with van der Waals surface area (Å²) < 4.78 is 5.58. The standard InChI is InChI=1S/C53H81N25O12S/c54-41(82)32(9-2-18-65-48(55)56)74-44(85)34(11-4-20-67-50(59)60)76-46(87)36(13-6-22-69-52(63)64)77-45(86)35(12-5-21-68-51(61)62)75-43(84)33(10-3-19-66-49(57)58)73-39(80)26-70-38(79)25-71-42(83)29-14-16-30(17-15-29)72-40(81)27-90-31-8-1-7-28(23-31)24-37-47(88)78-53(89)91-37/h1,7-8,14-17,23-24,32-36H,2-6,9-13,18-22,25-27H2,(H2,54,82)(H,70,79)(H,71,83)(H,72,81)(H,73,80)(H,74,85)(H,75,84)(H,76,87)(H,77,86)(H4,55,56,65)(H4,57,58,66)(H4,59,60,67)(H4,61,62,68)(H4,63,64,69)(H,78,88,89)/b37-24-/t32-,33-,34-,35-,36-/m0/s1. The number of thioether (sulfide) groups is 1. The number of primary amides is 1. The molecule has 91 heavy (non-hydrogen) atoms. The molecule has 0 aromatic heterocycles. The van der Waals surface area contributed by atoms with Crippen molar-refractivity contribution >= 4 is 118 Å². The molecule has 0 spiro atoms. The van der Waals surface area contributed by atoms with Crippen LogP contribution in [-0.4, -0.2) is 177 Å². The topological polar surface area (TPSA) is 653 Å². The summed E-state index contributed by atoms with van der Waals surface area (Å²) in [7, 11) is 0. The van der Waals surface area contributed by atoms with Crippen molar-refractivity contribution in [1.29, 1.82) is 0 Å². The molecule has 1 aliphatic rings. The lowest BCUT2D eigenvalue weighted by Crippen LogP contribution is -2.59. The van der Waals surface area contributed by atoms with Crippen LogP contribution in [0.2, 0.25) is 0 Å². The van der Waals surface area contributed by atoms with E-state index in [1.54, 1.807) is 24.3 Å². The van der Waals surface area contributed by atoms with Crippen molar-refractivity contribution in [1.82, 2.24) is 42.5 Å². The molecule has 1 heterocycles. The van der Waals surface area contributed by atoms with Gasteiger partial charge in [0.2, 0.25) is 41.4 Å². The average molecular weight is 1290 g/mol. The van der Waals surface area contributed by atoms with Gasteiger partial charge in [0, 0.05) is 44.0 Å². The van der Waals surface area contributed by atoms with Crippen LogP contribution in [0.4, 0.5) is 10.5 Å². The average Bonchev–Trinajstić information content (AvgIpc) is 2.52. The normalized spacial score (nSPS) is 13.5. The van der Waals surface area contributed by atoms with Crippen molar-refractivity contribution in [2.75, 3.05) is 57.7 Å². The summed E-state index contributed by atoms with van der Waals surface area (Å²) in [6.07, 6.45) is 1.69. The molecule has 1 fully saturated rings. The van der Waals surface area contributed by atoms with Crippen LogP contribution in [-0.2, 0) is 43.2 Å². The molecule has 0 saturated carbocycles. The van der Waals surface area contributed by atoms with Gasteiger partial charge in [0.05, 0.1) is 18.0 Å². The Balaban J connectivity index is 1.72. The number of hydrogen-bond donors (Lipinski definition) is 20. The maximum atomic E-state index is 14.4. The maximum absolute atomic E-state index is 14.4. The molecule has 1 aliphatic heterocycles. The summed E-state index contributed by atoms with van der Waals surface area (Å²) in [4.78, 5) is 164. The predicted octanol–water partition coefficient (Wildman–Crippen LogP) is -6.95. The molecule has 0 bridgehead atoms. The number of carbonyl (C=O) groups excluding carboxylic acids is 11. The van der Waals surface area contributed by atoms with E-state index >= 15 is 0 Å². The minimum atomic E-state index is -1.46. The van der Waals surface area contributed by atoms with Crippen LogP contribution in [0.25, 0.3) is 6.08 Å². The monoisotopic (exact) mass is 1290 g/mol. The lowest BCUT2D eigenvalue weighted by atomic mass is 10.0. The third kappa shape index (κ3) is 31.0. The summed E-state index contributed by atoms with van der Waals surface area (Å²) in [6.45, 7) is -1.56. The molecule has 11 amide bonds. The van der Waals surface area contributed by atoms with Crippen LogP contribution in [0.5, 0.6) is 5.75 Å². The van der Waals surface area contributed by atoms with Gasteiger partial charge in [-0.25, -0.2) is 0 Å². The molecule has 2 aromatic carbocycles. The van der Waals surface area contributed by atoms with Gasteiger partial charge in [-0.05, 0) is 124 Å². The highest BCUT2D eigenvalue weighted by molar-refractivity contribution is 8.18.